The van der Waals surface area contributed by atoms with E-state index in [-0.39, 0.29) is 42.2 Å². The van der Waals surface area contributed by atoms with Gasteiger partial charge in [-0.25, -0.2) is 28.6 Å². The van der Waals surface area contributed by atoms with Gasteiger partial charge in [-0.05, 0) is 6.92 Å². The van der Waals surface area contributed by atoms with Gasteiger partial charge in [-0.3, -0.25) is 37.3 Å². The number of phosphoric ester groups is 3. The largest absolute Gasteiger partial charge is 0.481 e. The Morgan fingerprint density at radius 2 is 1.71 bits per heavy atom. The second kappa shape index (κ2) is 19.0. The van der Waals surface area contributed by atoms with Crippen molar-refractivity contribution in [1.82, 2.24) is 30.2 Å². The van der Waals surface area contributed by atoms with Gasteiger partial charge in [0.1, 0.15) is 42.2 Å². The van der Waals surface area contributed by atoms with Crippen molar-refractivity contribution in [2.75, 3.05) is 37.8 Å². The topological polar surface area (TPSA) is 401 Å². The SMILES string of the molecule is C[C@H](C(=O)O)C(=O)SCCNC(=O)CCNC(=O)C(O)C(C)(C)COP(=O)(O)OP(=O)(O)OC[C@H]1O[C@@H](n2cnc3c(N)ncnc32)[C@H](O)[C@@H]1OP(=O)(O)O. The van der Waals surface area contributed by atoms with Crippen LogP contribution in [0.5, 0.6) is 0 Å². The van der Waals surface area contributed by atoms with Crippen LogP contribution in [0.4, 0.5) is 5.82 Å². The van der Waals surface area contributed by atoms with Crippen LogP contribution in [0.2, 0.25) is 0 Å². The molecule has 310 valence electrons. The number of carboxylic acids is 1. The zero-order valence-electron chi connectivity index (χ0n) is 29.0. The molecule has 3 rings (SSSR count). The Labute approximate surface area is 314 Å². The molecule has 0 radical (unpaired) electrons. The highest BCUT2D eigenvalue weighted by atomic mass is 32.2. The van der Waals surface area contributed by atoms with Crippen LogP contribution in [-0.2, 0) is 55.5 Å². The molecule has 1 aliphatic heterocycles. The van der Waals surface area contributed by atoms with E-state index < -0.39 is 102 Å². The first kappa shape index (κ1) is 46.4. The number of aliphatic carboxylic acids is 1. The number of ether oxygens (including phenoxy) is 1. The molecule has 30 heteroatoms. The van der Waals surface area contributed by atoms with E-state index in [9.17, 15) is 62.7 Å². The third-order valence-corrected chi connectivity index (χ3v) is 11.6. The lowest BCUT2D eigenvalue weighted by Crippen LogP contribution is -2.46. The van der Waals surface area contributed by atoms with Crippen LogP contribution in [-0.4, -0.2) is 134 Å². The fourth-order valence-corrected chi connectivity index (χ4v) is 8.09. The van der Waals surface area contributed by atoms with Crippen LogP contribution in [0, 0.1) is 11.3 Å². The van der Waals surface area contributed by atoms with Gasteiger partial charge in [0.15, 0.2) is 17.7 Å². The van der Waals surface area contributed by atoms with Crippen LogP contribution in [0.1, 0.15) is 33.4 Å². The number of hydrogen-bond donors (Lipinski definition) is 10. The van der Waals surface area contributed by atoms with Gasteiger partial charge < -0.3 is 56.0 Å². The maximum atomic E-state index is 12.6. The number of fused-ring (bicyclic) bond motifs is 1. The van der Waals surface area contributed by atoms with Gasteiger partial charge in [-0.1, -0.05) is 25.6 Å². The predicted octanol–water partition coefficient (Wildman–Crippen LogP) is -1.61. The molecule has 26 nitrogen and oxygen atoms in total. The lowest BCUT2D eigenvalue weighted by atomic mass is 9.87. The summed E-state index contributed by atoms with van der Waals surface area (Å²) >= 11 is 0.726. The highest BCUT2D eigenvalue weighted by Gasteiger charge is 2.50. The molecule has 3 unspecified atom stereocenters. The summed E-state index contributed by atoms with van der Waals surface area (Å²) in [6.07, 6.45) is -7.13. The van der Waals surface area contributed by atoms with E-state index in [0.717, 1.165) is 29.0 Å². The second-order valence-corrected chi connectivity index (χ2v) is 17.6. The summed E-state index contributed by atoms with van der Waals surface area (Å²) < 4.78 is 61.9. The number of anilines is 1. The van der Waals surface area contributed by atoms with Crippen molar-refractivity contribution in [3.8, 4) is 0 Å². The molecule has 1 saturated heterocycles. The number of phosphoric acid groups is 3. The van der Waals surface area contributed by atoms with Crippen LogP contribution >= 0.6 is 35.2 Å². The number of aliphatic hydroxyl groups excluding tert-OH is 2. The smallest absolute Gasteiger partial charge is 0.481 e. The Morgan fingerprint density at radius 3 is 2.35 bits per heavy atom. The normalized spacial score (nSPS) is 22.3. The van der Waals surface area contributed by atoms with E-state index in [4.69, 9.17) is 24.6 Å². The molecule has 0 saturated carbocycles. The van der Waals surface area contributed by atoms with Crippen LogP contribution < -0.4 is 16.4 Å². The van der Waals surface area contributed by atoms with Gasteiger partial charge in [0, 0.05) is 30.7 Å². The van der Waals surface area contributed by atoms with E-state index in [0.29, 0.717) is 0 Å². The van der Waals surface area contributed by atoms with Crippen molar-refractivity contribution in [2.45, 2.75) is 57.8 Å². The summed E-state index contributed by atoms with van der Waals surface area (Å²) in [6.45, 7) is 1.35. The van der Waals surface area contributed by atoms with E-state index in [2.05, 4.69) is 34.4 Å². The Kier molecular flexibility index (Phi) is 16.0. The fraction of sp³-hybridized carbons (Fsp3) is 0.640. The van der Waals surface area contributed by atoms with Gasteiger partial charge in [-0.15, -0.1) is 0 Å². The van der Waals surface area contributed by atoms with Crippen molar-refractivity contribution in [3.05, 3.63) is 12.7 Å². The summed E-state index contributed by atoms with van der Waals surface area (Å²) in [6, 6.07) is 0. The molecular formula is C25H40N7O19P3S. The minimum atomic E-state index is -5.59. The first-order valence-corrected chi connectivity index (χ1v) is 21.1. The molecule has 1 fully saturated rings. The third kappa shape index (κ3) is 13.6. The fourth-order valence-electron chi connectivity index (χ4n) is 4.51. The number of amides is 2. The minimum Gasteiger partial charge on any atom is -0.481 e. The van der Waals surface area contributed by atoms with Crippen molar-refractivity contribution in [3.63, 3.8) is 0 Å². The Balaban J connectivity index is 1.50. The minimum absolute atomic E-state index is 0.0183. The summed E-state index contributed by atoms with van der Waals surface area (Å²) in [7, 11) is -16.4. The predicted molar refractivity (Wildman–Crippen MR) is 184 cm³/mol. The number of nitrogens with one attached hydrogen (secondary N) is 2. The molecule has 0 aliphatic carbocycles. The molecule has 3 heterocycles. The highest BCUT2D eigenvalue weighted by Crippen LogP contribution is 2.61. The van der Waals surface area contributed by atoms with Crippen LogP contribution in [0.25, 0.3) is 11.2 Å². The summed E-state index contributed by atoms with van der Waals surface area (Å²) in [5.41, 5.74) is 4.19. The van der Waals surface area contributed by atoms with Crippen molar-refractivity contribution < 1.29 is 90.4 Å². The number of rotatable bonds is 21. The molecule has 0 aromatic carbocycles. The number of carbonyl (C=O) groups is 4. The lowest BCUT2D eigenvalue weighted by Gasteiger charge is -2.30. The number of thioether (sulfide) groups is 1. The molecule has 8 atom stereocenters. The maximum Gasteiger partial charge on any atom is 0.481 e. The maximum absolute atomic E-state index is 12.6. The highest BCUT2D eigenvalue weighted by molar-refractivity contribution is 8.13. The number of carbonyl (C=O) groups excluding carboxylic acids is 3. The molecule has 55 heavy (non-hydrogen) atoms. The number of carboxylic acid groups (broad SMARTS) is 1. The quantitative estimate of drug-likeness (QED) is 0.0383. The van der Waals surface area contributed by atoms with Gasteiger partial charge in [0.25, 0.3) is 0 Å². The van der Waals surface area contributed by atoms with Crippen LogP contribution in [0.15, 0.2) is 12.7 Å². The number of imidazole rings is 1. The second-order valence-electron chi connectivity index (χ2n) is 12.3. The standard InChI is InChI=1S/C25H40N7O19P3S/c1-12(23(37)38)24(39)55-7-6-27-14(33)4-5-28-21(36)18(35)25(2,3)9-48-54(45,46)51-53(43,44)47-8-13-17(50-52(40,41)42)16(34)22(49-13)32-11-31-15-19(26)29-10-30-20(15)32/h10-13,16-18,22,34-35H,4-9H2,1-3H3,(H,27,33)(H,28,36)(H,37,38)(H,43,44)(H,45,46)(H2,26,29,30)(H2,40,41,42)/t12-,13-,16-,17-,18?,22-/m1/s1. The van der Waals surface area contributed by atoms with E-state index >= 15 is 0 Å². The summed E-state index contributed by atoms with van der Waals surface area (Å²) in [4.78, 5) is 97.8. The molecule has 0 bridgehead atoms. The zero-order chi connectivity index (χ0) is 41.5. The van der Waals surface area contributed by atoms with Gasteiger partial charge in [0.05, 0.1) is 19.5 Å². The van der Waals surface area contributed by atoms with Crippen molar-refractivity contribution in [1.29, 1.82) is 0 Å². The number of hydrogen-bond acceptors (Lipinski definition) is 19. The van der Waals surface area contributed by atoms with E-state index in [1.54, 1.807) is 0 Å². The molecule has 1 aliphatic rings. The molecule has 2 aromatic rings. The molecule has 2 aromatic heterocycles. The zero-order valence-corrected chi connectivity index (χ0v) is 32.5. The monoisotopic (exact) mass is 867 g/mol. The number of aromatic nitrogens is 4. The number of nitrogens with zero attached hydrogens (tertiary/aromatic N) is 4. The van der Waals surface area contributed by atoms with Crippen molar-refractivity contribution in [2.24, 2.45) is 11.3 Å². The Hall–Kier alpha value is -2.97. The Morgan fingerprint density at radius 1 is 1.05 bits per heavy atom. The summed E-state index contributed by atoms with van der Waals surface area (Å²) in [5, 5.41) is 34.3. The average Bonchev–Trinajstić information content (AvgIpc) is 3.64. The Bertz CT molecular complexity index is 1860. The molecule has 11 N–H and O–H groups in total. The van der Waals surface area contributed by atoms with E-state index in [1.807, 2.05) is 0 Å². The number of nitrogen functional groups attached to an aromatic ring is 1. The number of nitrogens with two attached hydrogens (primary N) is 1. The third-order valence-electron chi connectivity index (χ3n) is 7.47. The van der Waals surface area contributed by atoms with Gasteiger partial charge in [-0.2, -0.15) is 4.31 Å². The van der Waals surface area contributed by atoms with Crippen molar-refractivity contribution >= 4 is 75.1 Å². The first-order valence-electron chi connectivity index (χ1n) is 15.6. The van der Waals surface area contributed by atoms with Crippen LogP contribution in [0.3, 0.4) is 0 Å². The molecular weight excluding hydrogens is 827 g/mol. The lowest BCUT2D eigenvalue weighted by molar-refractivity contribution is -0.143. The molecule has 2 amide bonds. The van der Waals surface area contributed by atoms with E-state index in [1.165, 1.54) is 20.8 Å². The molecule has 0 spiro atoms. The number of aliphatic hydroxyl groups is 2. The van der Waals surface area contributed by atoms with Gasteiger partial charge >= 0.3 is 29.4 Å². The average molecular weight is 868 g/mol. The van der Waals surface area contributed by atoms with Gasteiger partial charge in [0.2, 0.25) is 16.9 Å². The first-order chi connectivity index (χ1) is 25.3. The summed E-state index contributed by atoms with van der Waals surface area (Å²) in [5.74, 6) is -4.01.